The molecule has 0 N–H and O–H groups in total. The minimum Gasteiger partial charge on any atom is -0.337 e. The lowest BCUT2D eigenvalue weighted by Gasteiger charge is -2.30. The Bertz CT molecular complexity index is 310. The van der Waals surface area contributed by atoms with Crippen LogP contribution in [0.3, 0.4) is 0 Å². The molecule has 3 heteroatoms. The van der Waals surface area contributed by atoms with Gasteiger partial charge in [-0.2, -0.15) is 0 Å². The quantitative estimate of drug-likeness (QED) is 0.757. The first-order valence-corrected chi connectivity index (χ1v) is 5.91. The highest BCUT2D eigenvalue weighted by molar-refractivity contribution is 5.01. The van der Waals surface area contributed by atoms with Crippen LogP contribution in [0.4, 0.5) is 0 Å². The van der Waals surface area contributed by atoms with Crippen LogP contribution in [0, 0.1) is 5.92 Å². The van der Waals surface area contributed by atoms with Crippen LogP contribution in [0.25, 0.3) is 0 Å². The zero-order chi connectivity index (χ0) is 10.8. The third kappa shape index (κ3) is 2.07. The minimum atomic E-state index is 0.493. The zero-order valence-corrected chi connectivity index (χ0v) is 9.98. The van der Waals surface area contributed by atoms with E-state index in [9.17, 15) is 0 Å². The van der Waals surface area contributed by atoms with Crippen molar-refractivity contribution >= 4 is 0 Å². The lowest BCUT2D eigenvalue weighted by Crippen LogP contribution is -2.31. The molecule has 0 aliphatic carbocycles. The van der Waals surface area contributed by atoms with Gasteiger partial charge in [-0.05, 0) is 31.8 Å². The predicted molar refractivity (Wildman–Crippen MR) is 61.6 cm³/mol. The first kappa shape index (κ1) is 10.7. The molecule has 0 bridgehead atoms. The number of likely N-dealkylation sites (tertiary alicyclic amines) is 1. The Hall–Kier alpha value is -0.830. The number of rotatable bonds is 3. The highest BCUT2D eigenvalue weighted by atomic mass is 15.2. The number of aryl methyl sites for hydroxylation is 1. The molecule has 2 heterocycles. The summed E-state index contributed by atoms with van der Waals surface area (Å²) in [5.41, 5.74) is 0. The van der Waals surface area contributed by atoms with Crippen LogP contribution >= 0.6 is 0 Å². The van der Waals surface area contributed by atoms with Gasteiger partial charge in [0.1, 0.15) is 5.82 Å². The molecule has 0 spiro atoms. The molecule has 2 rings (SSSR count). The SMILES string of the molecule is CC(C)C(c1nccn1C)N1CCCC1. The average Bonchev–Trinajstić information content (AvgIpc) is 2.79. The molecule has 1 aromatic rings. The van der Waals surface area contributed by atoms with Gasteiger partial charge in [0.15, 0.2) is 0 Å². The molecule has 1 saturated heterocycles. The normalized spacial score (nSPS) is 20.0. The van der Waals surface area contributed by atoms with E-state index in [0.29, 0.717) is 12.0 Å². The van der Waals surface area contributed by atoms with E-state index in [-0.39, 0.29) is 0 Å². The van der Waals surface area contributed by atoms with Crippen molar-refractivity contribution in [3.63, 3.8) is 0 Å². The number of hydrogen-bond acceptors (Lipinski definition) is 2. The summed E-state index contributed by atoms with van der Waals surface area (Å²) in [6, 6.07) is 0.493. The molecule has 1 aliphatic heterocycles. The Morgan fingerprint density at radius 1 is 1.27 bits per heavy atom. The van der Waals surface area contributed by atoms with Crippen LogP contribution in [0.1, 0.15) is 38.6 Å². The molecule has 15 heavy (non-hydrogen) atoms. The molecular weight excluding hydrogens is 186 g/mol. The average molecular weight is 207 g/mol. The van der Waals surface area contributed by atoms with Crippen molar-refractivity contribution in [3.8, 4) is 0 Å². The summed E-state index contributed by atoms with van der Waals surface area (Å²) < 4.78 is 2.16. The van der Waals surface area contributed by atoms with Gasteiger partial charge < -0.3 is 4.57 Å². The van der Waals surface area contributed by atoms with Crippen molar-refractivity contribution < 1.29 is 0 Å². The highest BCUT2D eigenvalue weighted by Crippen LogP contribution is 2.29. The van der Waals surface area contributed by atoms with E-state index in [2.05, 4.69) is 35.3 Å². The van der Waals surface area contributed by atoms with Gasteiger partial charge in [-0.15, -0.1) is 0 Å². The molecule has 3 nitrogen and oxygen atoms in total. The molecule has 84 valence electrons. The molecule has 0 radical (unpaired) electrons. The number of aromatic nitrogens is 2. The third-order valence-electron chi connectivity index (χ3n) is 3.29. The van der Waals surface area contributed by atoms with E-state index in [0.717, 1.165) is 0 Å². The molecule has 1 atom stereocenters. The second kappa shape index (κ2) is 4.35. The van der Waals surface area contributed by atoms with Gasteiger partial charge in [0, 0.05) is 19.4 Å². The maximum absolute atomic E-state index is 4.50. The van der Waals surface area contributed by atoms with E-state index < -0.39 is 0 Å². The molecule has 1 fully saturated rings. The summed E-state index contributed by atoms with van der Waals surface area (Å²) in [6.45, 7) is 7.04. The van der Waals surface area contributed by atoms with Crippen molar-refractivity contribution in [1.29, 1.82) is 0 Å². The summed E-state index contributed by atoms with van der Waals surface area (Å²) in [5, 5.41) is 0. The Kier molecular flexibility index (Phi) is 3.10. The Morgan fingerprint density at radius 2 is 1.93 bits per heavy atom. The van der Waals surface area contributed by atoms with Gasteiger partial charge in [0.05, 0.1) is 6.04 Å². The van der Waals surface area contributed by atoms with Gasteiger partial charge in [-0.3, -0.25) is 4.90 Å². The monoisotopic (exact) mass is 207 g/mol. The maximum Gasteiger partial charge on any atom is 0.126 e. The minimum absolute atomic E-state index is 0.493. The fourth-order valence-electron chi connectivity index (χ4n) is 2.56. The highest BCUT2D eigenvalue weighted by Gasteiger charge is 2.28. The van der Waals surface area contributed by atoms with Crippen LogP contribution < -0.4 is 0 Å². The van der Waals surface area contributed by atoms with Crippen molar-refractivity contribution in [2.75, 3.05) is 13.1 Å². The Balaban J connectivity index is 2.23. The number of nitrogens with zero attached hydrogens (tertiary/aromatic N) is 3. The van der Waals surface area contributed by atoms with Crippen LogP contribution in [0.15, 0.2) is 12.4 Å². The van der Waals surface area contributed by atoms with Gasteiger partial charge >= 0.3 is 0 Å². The van der Waals surface area contributed by atoms with E-state index >= 15 is 0 Å². The molecule has 0 aromatic carbocycles. The smallest absolute Gasteiger partial charge is 0.126 e. The first-order valence-electron chi connectivity index (χ1n) is 5.91. The summed E-state index contributed by atoms with van der Waals surface area (Å²) in [4.78, 5) is 7.08. The zero-order valence-electron chi connectivity index (χ0n) is 9.98. The fourth-order valence-corrected chi connectivity index (χ4v) is 2.56. The topological polar surface area (TPSA) is 21.1 Å². The Morgan fingerprint density at radius 3 is 2.40 bits per heavy atom. The number of hydrogen-bond donors (Lipinski definition) is 0. The van der Waals surface area contributed by atoms with Gasteiger partial charge in [0.25, 0.3) is 0 Å². The van der Waals surface area contributed by atoms with Crippen molar-refractivity contribution in [3.05, 3.63) is 18.2 Å². The van der Waals surface area contributed by atoms with Crippen LogP contribution in [-0.2, 0) is 7.05 Å². The maximum atomic E-state index is 4.50. The summed E-state index contributed by atoms with van der Waals surface area (Å²) in [5.74, 6) is 1.84. The van der Waals surface area contributed by atoms with Crippen LogP contribution in [-0.4, -0.2) is 27.5 Å². The summed E-state index contributed by atoms with van der Waals surface area (Å²) >= 11 is 0. The van der Waals surface area contributed by atoms with Crippen LogP contribution in [0.5, 0.6) is 0 Å². The summed E-state index contributed by atoms with van der Waals surface area (Å²) in [7, 11) is 2.09. The standard InChI is InChI=1S/C12H21N3/c1-10(2)11(15-7-4-5-8-15)12-13-6-9-14(12)3/h6,9-11H,4-5,7-8H2,1-3H3. The first-order chi connectivity index (χ1) is 7.20. The van der Waals surface area contributed by atoms with E-state index in [1.54, 1.807) is 0 Å². The van der Waals surface area contributed by atoms with E-state index in [1.165, 1.54) is 31.8 Å². The van der Waals surface area contributed by atoms with Crippen molar-refractivity contribution in [1.82, 2.24) is 14.5 Å². The van der Waals surface area contributed by atoms with Gasteiger partial charge in [-0.1, -0.05) is 13.8 Å². The lowest BCUT2D eigenvalue weighted by atomic mass is 10.0. The van der Waals surface area contributed by atoms with Crippen molar-refractivity contribution in [2.45, 2.75) is 32.7 Å². The second-order valence-electron chi connectivity index (χ2n) is 4.83. The van der Waals surface area contributed by atoms with Crippen LogP contribution in [0.2, 0.25) is 0 Å². The van der Waals surface area contributed by atoms with E-state index in [4.69, 9.17) is 0 Å². The Labute approximate surface area is 92.1 Å². The molecule has 1 unspecified atom stereocenters. The largest absolute Gasteiger partial charge is 0.337 e. The van der Waals surface area contributed by atoms with Gasteiger partial charge in [-0.25, -0.2) is 4.98 Å². The fraction of sp³-hybridized carbons (Fsp3) is 0.750. The second-order valence-corrected chi connectivity index (χ2v) is 4.83. The molecule has 0 saturated carbocycles. The van der Waals surface area contributed by atoms with Gasteiger partial charge in [0.2, 0.25) is 0 Å². The van der Waals surface area contributed by atoms with E-state index in [1.807, 2.05) is 12.4 Å². The third-order valence-corrected chi connectivity index (χ3v) is 3.29. The molecule has 1 aromatic heterocycles. The molecule has 1 aliphatic rings. The lowest BCUT2D eigenvalue weighted by molar-refractivity contribution is 0.181. The summed E-state index contributed by atoms with van der Waals surface area (Å²) in [6.07, 6.45) is 6.63. The molecule has 0 amide bonds. The van der Waals surface area contributed by atoms with Crippen molar-refractivity contribution in [2.24, 2.45) is 13.0 Å². The predicted octanol–water partition coefficient (Wildman–Crippen LogP) is 2.21. The molecular formula is C12H21N3. The number of imidazole rings is 1.